The van der Waals surface area contributed by atoms with E-state index >= 15 is 0 Å². The second kappa shape index (κ2) is 16.6. The van der Waals surface area contributed by atoms with Crippen LogP contribution < -0.4 is 5.32 Å². The summed E-state index contributed by atoms with van der Waals surface area (Å²) in [5.41, 5.74) is 1.29. The first kappa shape index (κ1) is 32.0. The van der Waals surface area contributed by atoms with Crippen molar-refractivity contribution in [2.24, 2.45) is 5.92 Å². The van der Waals surface area contributed by atoms with E-state index in [0.717, 1.165) is 37.7 Å². The first-order chi connectivity index (χ1) is 19.8. The Morgan fingerprint density at radius 3 is 2.41 bits per heavy atom. The Morgan fingerprint density at radius 1 is 1.07 bits per heavy atom. The Bertz CT molecular complexity index is 1160. The van der Waals surface area contributed by atoms with Crippen molar-refractivity contribution in [2.75, 3.05) is 19.7 Å². The molecule has 0 bridgehead atoms. The standard InChI is InChI=1S/C30H39N3O7S/c1-2-39-28(34)25(31-26(29(35)41)20-24-13-7-9-15-27(24)33(37)38)14-8-6-10-22-16-18-32(19-17-22)30(36)40-21-23-11-4-3-5-12-23/h3-5,7,9,11-13,15,22,25-26,31H,2,6,8,10,14,16-21H2,1H3,(H,35,41)/t25?,26-/m1/s1. The van der Waals surface area contributed by atoms with E-state index in [9.17, 15) is 24.8 Å². The van der Waals surface area contributed by atoms with Crippen molar-refractivity contribution < 1.29 is 29.1 Å². The van der Waals surface area contributed by atoms with Gasteiger partial charge in [-0.15, -0.1) is 0 Å². The molecule has 2 aromatic carbocycles. The number of hydrogen-bond acceptors (Lipinski definition) is 8. The monoisotopic (exact) mass is 585 g/mol. The number of likely N-dealkylation sites (tertiary alicyclic amines) is 1. The summed E-state index contributed by atoms with van der Waals surface area (Å²) in [6, 6.07) is 14.3. The minimum absolute atomic E-state index is 0.0642. The molecule has 1 amide bonds. The minimum Gasteiger partial charge on any atom is -0.501 e. The Labute approximate surface area is 246 Å². The molecule has 10 nitrogen and oxygen atoms in total. The normalized spacial score (nSPS) is 15.1. The zero-order valence-electron chi connectivity index (χ0n) is 23.4. The molecule has 2 aromatic rings. The van der Waals surface area contributed by atoms with Crippen molar-refractivity contribution in [3.8, 4) is 0 Å². The van der Waals surface area contributed by atoms with Gasteiger partial charge < -0.3 is 19.5 Å². The first-order valence-electron chi connectivity index (χ1n) is 14.1. The third-order valence-corrected chi connectivity index (χ3v) is 7.60. The number of thiocarbonyl (C=S) groups is 1. The van der Waals surface area contributed by atoms with Gasteiger partial charge in [0.2, 0.25) is 0 Å². The number of esters is 1. The maximum absolute atomic E-state index is 12.7. The van der Waals surface area contributed by atoms with E-state index in [1.807, 2.05) is 30.3 Å². The highest BCUT2D eigenvalue weighted by atomic mass is 32.1. The summed E-state index contributed by atoms with van der Waals surface area (Å²) < 4.78 is 10.7. The van der Waals surface area contributed by atoms with Crippen molar-refractivity contribution in [3.05, 3.63) is 75.8 Å². The summed E-state index contributed by atoms with van der Waals surface area (Å²) in [5.74, 6) is 0.0391. The third-order valence-electron chi connectivity index (χ3n) is 7.32. The van der Waals surface area contributed by atoms with Crippen LogP contribution in [-0.2, 0) is 27.3 Å². The number of benzene rings is 2. The molecular weight excluding hydrogens is 546 g/mol. The Hall–Kier alpha value is -3.57. The van der Waals surface area contributed by atoms with Crippen LogP contribution in [0.25, 0.3) is 0 Å². The predicted octanol–water partition coefficient (Wildman–Crippen LogP) is 5.52. The zero-order valence-corrected chi connectivity index (χ0v) is 24.2. The van der Waals surface area contributed by atoms with E-state index in [1.54, 1.807) is 30.0 Å². The number of nitrogens with one attached hydrogen (secondary N) is 1. The highest BCUT2D eigenvalue weighted by molar-refractivity contribution is 7.80. The number of nitro benzene ring substituents is 1. The zero-order chi connectivity index (χ0) is 29.6. The summed E-state index contributed by atoms with van der Waals surface area (Å²) in [5, 5.41) is 24.3. The van der Waals surface area contributed by atoms with E-state index in [1.165, 1.54) is 6.07 Å². The molecule has 1 fully saturated rings. The molecule has 222 valence electrons. The Kier molecular flexibility index (Phi) is 13.0. The molecule has 3 rings (SSSR count). The number of para-hydroxylation sites is 1. The molecular formula is C30H39N3O7S. The van der Waals surface area contributed by atoms with Gasteiger partial charge in [0, 0.05) is 31.1 Å². The Morgan fingerprint density at radius 2 is 1.76 bits per heavy atom. The molecule has 11 heteroatoms. The van der Waals surface area contributed by atoms with Gasteiger partial charge in [0.25, 0.3) is 5.69 Å². The number of carbonyl (C=O) groups excluding carboxylic acids is 2. The van der Waals surface area contributed by atoms with Crippen LogP contribution in [0.2, 0.25) is 0 Å². The third kappa shape index (κ3) is 10.4. The average molecular weight is 586 g/mol. The number of aliphatic hydroxyl groups is 1. The number of ether oxygens (including phenoxy) is 2. The smallest absolute Gasteiger partial charge is 0.410 e. The van der Waals surface area contributed by atoms with Crippen LogP contribution in [-0.4, -0.2) is 63.8 Å². The summed E-state index contributed by atoms with van der Waals surface area (Å²) in [6.07, 6.45) is 4.65. The highest BCUT2D eigenvalue weighted by Gasteiger charge is 2.28. The summed E-state index contributed by atoms with van der Waals surface area (Å²) >= 11 is 5.02. The number of aliphatic hydroxyl groups excluding tert-OH is 1. The van der Waals surface area contributed by atoms with Crippen LogP contribution in [0, 0.1) is 16.0 Å². The van der Waals surface area contributed by atoms with Crippen LogP contribution in [0.15, 0.2) is 54.6 Å². The van der Waals surface area contributed by atoms with Crippen LogP contribution in [0.5, 0.6) is 0 Å². The fourth-order valence-electron chi connectivity index (χ4n) is 5.05. The minimum atomic E-state index is -0.827. The largest absolute Gasteiger partial charge is 0.501 e. The number of rotatable bonds is 15. The molecule has 1 heterocycles. The van der Waals surface area contributed by atoms with Crippen molar-refractivity contribution in [3.63, 3.8) is 0 Å². The number of unbranched alkanes of at least 4 members (excludes halogenated alkanes) is 1. The fourth-order valence-corrected chi connectivity index (χ4v) is 5.20. The topological polar surface area (TPSA) is 131 Å². The average Bonchev–Trinajstić information content (AvgIpc) is 2.97. The Balaban J connectivity index is 1.45. The van der Waals surface area contributed by atoms with Crippen molar-refractivity contribution in [2.45, 2.75) is 70.6 Å². The van der Waals surface area contributed by atoms with Gasteiger partial charge >= 0.3 is 12.1 Å². The van der Waals surface area contributed by atoms with Crippen molar-refractivity contribution in [1.29, 1.82) is 0 Å². The number of hydrogen-bond donors (Lipinski definition) is 2. The summed E-state index contributed by atoms with van der Waals surface area (Å²) in [6.45, 7) is 3.51. The summed E-state index contributed by atoms with van der Waals surface area (Å²) in [7, 11) is 0. The first-order valence-corrected chi connectivity index (χ1v) is 14.5. The van der Waals surface area contributed by atoms with E-state index in [-0.39, 0.29) is 36.5 Å². The number of amides is 1. The van der Waals surface area contributed by atoms with Gasteiger partial charge in [0.05, 0.1) is 17.6 Å². The van der Waals surface area contributed by atoms with Gasteiger partial charge in [0.15, 0.2) is 5.05 Å². The van der Waals surface area contributed by atoms with Crippen molar-refractivity contribution >= 4 is 35.0 Å². The molecule has 0 aromatic heterocycles. The number of nitro groups is 1. The molecule has 0 saturated carbocycles. The molecule has 1 aliphatic heterocycles. The van der Waals surface area contributed by atoms with Crippen LogP contribution in [0.4, 0.5) is 10.5 Å². The molecule has 2 N–H and O–H groups in total. The molecule has 1 unspecified atom stereocenters. The maximum Gasteiger partial charge on any atom is 0.410 e. The fraction of sp³-hybridized carbons (Fsp3) is 0.500. The molecule has 2 atom stereocenters. The molecule has 41 heavy (non-hydrogen) atoms. The number of piperidine rings is 1. The van der Waals surface area contributed by atoms with E-state index in [2.05, 4.69) is 5.32 Å². The predicted molar refractivity (Wildman–Crippen MR) is 159 cm³/mol. The van der Waals surface area contributed by atoms with Gasteiger partial charge in [0.1, 0.15) is 12.6 Å². The lowest BCUT2D eigenvalue weighted by Crippen LogP contribution is -2.48. The van der Waals surface area contributed by atoms with Crippen molar-refractivity contribution in [1.82, 2.24) is 10.2 Å². The van der Waals surface area contributed by atoms with Gasteiger partial charge in [-0.25, -0.2) is 4.79 Å². The number of nitrogens with zero attached hydrogens (tertiary/aromatic N) is 2. The summed E-state index contributed by atoms with van der Waals surface area (Å²) in [4.78, 5) is 37.8. The van der Waals surface area contributed by atoms with Gasteiger partial charge in [-0.3, -0.25) is 20.2 Å². The van der Waals surface area contributed by atoms with Crippen LogP contribution in [0.3, 0.4) is 0 Å². The quantitative estimate of drug-likeness (QED) is 0.0911. The lowest BCUT2D eigenvalue weighted by molar-refractivity contribution is -0.385. The van der Waals surface area contributed by atoms with Gasteiger partial charge in [-0.1, -0.05) is 67.8 Å². The molecule has 0 spiro atoms. The second-order valence-electron chi connectivity index (χ2n) is 10.2. The molecule has 0 aliphatic carbocycles. The molecule has 1 saturated heterocycles. The maximum atomic E-state index is 12.7. The van der Waals surface area contributed by atoms with Crippen LogP contribution >= 0.6 is 12.2 Å². The SMILES string of the molecule is CCOC(=O)C(CCCCC1CCN(C(=O)OCc2ccccc2)CC1)N[C@H](Cc1ccccc1[N+](=O)[O-])C(O)=S. The van der Waals surface area contributed by atoms with E-state index in [0.29, 0.717) is 31.0 Å². The number of carbonyl (C=O) groups is 2. The highest BCUT2D eigenvalue weighted by Crippen LogP contribution is 2.24. The lowest BCUT2D eigenvalue weighted by atomic mass is 9.91. The van der Waals surface area contributed by atoms with Crippen LogP contribution in [0.1, 0.15) is 56.6 Å². The van der Waals surface area contributed by atoms with Gasteiger partial charge in [-0.05, 0) is 49.9 Å². The molecule has 1 aliphatic rings. The van der Waals surface area contributed by atoms with E-state index in [4.69, 9.17) is 21.7 Å². The molecule has 0 radical (unpaired) electrons. The van der Waals surface area contributed by atoms with E-state index < -0.39 is 23.0 Å². The lowest BCUT2D eigenvalue weighted by Gasteiger charge is -2.31. The second-order valence-corrected chi connectivity index (χ2v) is 10.6. The van der Waals surface area contributed by atoms with Gasteiger partial charge in [-0.2, -0.15) is 0 Å².